The Labute approximate surface area is 97.0 Å². The first-order chi connectivity index (χ1) is 7.55. The van der Waals surface area contributed by atoms with Crippen LogP contribution in [-0.2, 0) is 9.84 Å². The van der Waals surface area contributed by atoms with E-state index in [1.807, 2.05) is 0 Å². The summed E-state index contributed by atoms with van der Waals surface area (Å²) in [5.41, 5.74) is 0. The van der Waals surface area contributed by atoms with Crippen molar-refractivity contribution >= 4 is 9.84 Å². The lowest BCUT2D eigenvalue weighted by molar-refractivity contribution is 0.0340. The molecule has 88 valence electrons. The molecular formula is C12H17NO2S. The van der Waals surface area contributed by atoms with E-state index in [1.165, 1.54) is 19.3 Å². The lowest BCUT2D eigenvalue weighted by Crippen LogP contribution is -2.55. The zero-order valence-electron chi connectivity index (χ0n) is 9.35. The van der Waals surface area contributed by atoms with Gasteiger partial charge in [0.25, 0.3) is 0 Å². The van der Waals surface area contributed by atoms with E-state index in [0.29, 0.717) is 17.8 Å². The Hall–Kier alpha value is -0.560. The predicted octanol–water partition coefficient (Wildman–Crippen LogP) is 2.25. The molecular weight excluding hydrogens is 222 g/mol. The average molecular weight is 239 g/mol. The molecule has 0 unspecified atom stereocenters. The lowest BCUT2D eigenvalue weighted by Gasteiger charge is -2.55. The molecule has 0 heterocycles. The van der Waals surface area contributed by atoms with Crippen molar-refractivity contribution < 1.29 is 8.42 Å². The van der Waals surface area contributed by atoms with Gasteiger partial charge in [-0.15, -0.1) is 0 Å². The minimum absolute atomic E-state index is 0.293. The van der Waals surface area contributed by atoms with Gasteiger partial charge in [0, 0.05) is 0 Å². The second-order valence-electron chi connectivity index (χ2n) is 6.00. The molecule has 0 amide bonds. The summed E-state index contributed by atoms with van der Waals surface area (Å²) in [4.78, 5) is 3.13. The molecule has 3 nitrogen and oxygen atoms in total. The minimum atomic E-state index is -3.18. The predicted molar refractivity (Wildman–Crippen MR) is 61.3 cm³/mol. The van der Waals surface area contributed by atoms with Crippen LogP contribution < -0.4 is 0 Å². The molecule has 0 aromatic heterocycles. The fourth-order valence-electron chi connectivity index (χ4n) is 4.63. The van der Waals surface area contributed by atoms with Gasteiger partial charge in [-0.25, -0.2) is 15.0 Å². The molecule has 4 aliphatic carbocycles. The number of rotatable bonds is 2. The molecule has 0 spiro atoms. The van der Waals surface area contributed by atoms with Gasteiger partial charge in [0.1, 0.15) is 0 Å². The highest BCUT2D eigenvalue weighted by atomic mass is 32.2. The molecule has 0 aromatic rings. The van der Waals surface area contributed by atoms with Gasteiger partial charge in [0.05, 0.1) is 4.75 Å². The molecule has 0 saturated heterocycles. The smallest absolute Gasteiger partial charge is 0.300 e. The Morgan fingerprint density at radius 3 is 1.88 bits per heavy atom. The molecule has 4 aliphatic rings. The highest BCUT2D eigenvalue weighted by Crippen LogP contribution is 2.58. The highest BCUT2D eigenvalue weighted by Gasteiger charge is 2.58. The van der Waals surface area contributed by atoms with Crippen molar-refractivity contribution in [2.75, 3.05) is 5.88 Å². The van der Waals surface area contributed by atoms with E-state index in [2.05, 4.69) is 4.85 Å². The van der Waals surface area contributed by atoms with Gasteiger partial charge in [-0.05, 0) is 56.3 Å². The van der Waals surface area contributed by atoms with Gasteiger partial charge in [0.2, 0.25) is 9.84 Å². The van der Waals surface area contributed by atoms with Crippen molar-refractivity contribution in [2.45, 2.75) is 43.3 Å². The van der Waals surface area contributed by atoms with E-state index in [0.717, 1.165) is 19.3 Å². The minimum Gasteiger partial charge on any atom is -0.300 e. The zero-order valence-corrected chi connectivity index (χ0v) is 10.2. The Morgan fingerprint density at radius 2 is 1.50 bits per heavy atom. The maximum atomic E-state index is 12.3. The first-order valence-corrected chi connectivity index (χ1v) is 7.75. The Balaban J connectivity index is 1.98. The SMILES string of the molecule is [C-]#[N+]CS(=O)(=O)C12CC3CC(CC(C3)C1)C2. The normalized spacial score (nSPS) is 45.6. The van der Waals surface area contributed by atoms with Gasteiger partial charge in [-0.3, -0.25) is 4.85 Å². The van der Waals surface area contributed by atoms with Crippen molar-refractivity contribution in [2.24, 2.45) is 17.8 Å². The maximum Gasteiger partial charge on any atom is 0.312 e. The molecule has 0 N–H and O–H groups in total. The highest BCUT2D eigenvalue weighted by molar-refractivity contribution is 7.92. The van der Waals surface area contributed by atoms with Gasteiger partial charge >= 0.3 is 5.88 Å². The first kappa shape index (κ1) is 10.6. The summed E-state index contributed by atoms with van der Waals surface area (Å²) < 4.78 is 24.0. The molecule has 4 rings (SSSR count). The lowest BCUT2D eigenvalue weighted by atomic mass is 9.56. The fraction of sp³-hybridized carbons (Fsp3) is 0.917. The molecule has 4 fully saturated rings. The van der Waals surface area contributed by atoms with Crippen LogP contribution >= 0.6 is 0 Å². The molecule has 16 heavy (non-hydrogen) atoms. The standard InChI is InChI=1S/C12H17NO2S/c1-13-8-16(14,15)12-5-9-2-10(6-12)4-11(3-9)7-12/h9-11H,2-8H2. The molecule has 0 radical (unpaired) electrons. The summed E-state index contributed by atoms with van der Waals surface area (Å²) in [6.45, 7) is 6.81. The Kier molecular flexibility index (Phi) is 2.13. The van der Waals surface area contributed by atoms with Crippen LogP contribution in [-0.4, -0.2) is 19.0 Å². The van der Waals surface area contributed by atoms with E-state index < -0.39 is 14.6 Å². The fourth-order valence-corrected chi connectivity index (χ4v) is 6.55. The molecule has 4 saturated carbocycles. The van der Waals surface area contributed by atoms with Gasteiger partial charge < -0.3 is 0 Å². The van der Waals surface area contributed by atoms with Crippen LogP contribution in [0.1, 0.15) is 38.5 Å². The van der Waals surface area contributed by atoms with Crippen molar-refractivity contribution in [3.63, 3.8) is 0 Å². The monoisotopic (exact) mass is 239 g/mol. The second kappa shape index (κ2) is 3.22. The van der Waals surface area contributed by atoms with Crippen molar-refractivity contribution in [1.29, 1.82) is 0 Å². The van der Waals surface area contributed by atoms with Crippen LogP contribution in [0.3, 0.4) is 0 Å². The van der Waals surface area contributed by atoms with E-state index in [-0.39, 0.29) is 5.88 Å². The third-order valence-electron chi connectivity index (χ3n) is 4.88. The van der Waals surface area contributed by atoms with Crippen LogP contribution in [0.4, 0.5) is 0 Å². The summed E-state index contributed by atoms with van der Waals surface area (Å²) in [6, 6.07) is 0. The zero-order chi connectivity index (χ0) is 11.4. The summed E-state index contributed by atoms with van der Waals surface area (Å²) in [5.74, 6) is 1.60. The number of hydrogen-bond donors (Lipinski definition) is 0. The summed E-state index contributed by atoms with van der Waals surface area (Å²) in [7, 11) is -3.18. The molecule has 0 atom stereocenters. The number of nitrogens with zero attached hydrogens (tertiary/aromatic N) is 1. The topological polar surface area (TPSA) is 38.5 Å². The maximum absolute atomic E-state index is 12.3. The van der Waals surface area contributed by atoms with Gasteiger partial charge in [0.15, 0.2) is 0 Å². The molecule has 4 bridgehead atoms. The number of hydrogen-bond acceptors (Lipinski definition) is 2. The first-order valence-electron chi connectivity index (χ1n) is 6.10. The van der Waals surface area contributed by atoms with Crippen LogP contribution in [0, 0.1) is 24.3 Å². The van der Waals surface area contributed by atoms with Crippen molar-refractivity contribution in [3.8, 4) is 0 Å². The molecule has 0 aliphatic heterocycles. The Morgan fingerprint density at radius 1 is 1.06 bits per heavy atom. The summed E-state index contributed by atoms with van der Waals surface area (Å²) >= 11 is 0. The van der Waals surface area contributed by atoms with E-state index in [1.54, 1.807) is 0 Å². The third-order valence-corrected chi connectivity index (χ3v) is 7.16. The van der Waals surface area contributed by atoms with Gasteiger partial charge in [-0.2, -0.15) is 0 Å². The molecule has 0 aromatic carbocycles. The quantitative estimate of drug-likeness (QED) is 0.693. The van der Waals surface area contributed by atoms with Crippen molar-refractivity contribution in [3.05, 3.63) is 11.4 Å². The summed E-state index contributed by atoms with van der Waals surface area (Å²) in [6.07, 6.45) is 6.26. The third kappa shape index (κ3) is 1.34. The van der Waals surface area contributed by atoms with Crippen LogP contribution in [0.2, 0.25) is 0 Å². The molecule has 4 heteroatoms. The van der Waals surface area contributed by atoms with Crippen LogP contribution in [0.5, 0.6) is 0 Å². The van der Waals surface area contributed by atoms with E-state index in [9.17, 15) is 8.42 Å². The van der Waals surface area contributed by atoms with Crippen molar-refractivity contribution in [1.82, 2.24) is 0 Å². The van der Waals surface area contributed by atoms with Crippen LogP contribution in [0.15, 0.2) is 0 Å². The van der Waals surface area contributed by atoms with E-state index >= 15 is 0 Å². The summed E-state index contributed by atoms with van der Waals surface area (Å²) in [5, 5.41) is 0. The van der Waals surface area contributed by atoms with Gasteiger partial charge in [-0.1, -0.05) is 0 Å². The number of sulfone groups is 1. The van der Waals surface area contributed by atoms with Crippen LogP contribution in [0.25, 0.3) is 4.85 Å². The second-order valence-corrected chi connectivity index (χ2v) is 8.36. The largest absolute Gasteiger partial charge is 0.312 e. The average Bonchev–Trinajstić information content (AvgIpc) is 2.14. The Bertz CT molecular complexity index is 411. The van der Waals surface area contributed by atoms with E-state index in [4.69, 9.17) is 6.57 Å².